The second kappa shape index (κ2) is 11.9. The predicted molar refractivity (Wildman–Crippen MR) is 230 cm³/mol. The Hall–Kier alpha value is -7.70. The Morgan fingerprint density at radius 3 is 1.50 bits per heavy atom. The highest BCUT2D eigenvalue weighted by Crippen LogP contribution is 2.47. The maximum Gasteiger partial charge on any atom is 0.160 e. The minimum atomic E-state index is 0.834. The van der Waals surface area contributed by atoms with Gasteiger partial charge in [-0.1, -0.05) is 103 Å². The molecule has 0 aliphatic rings. The van der Waals surface area contributed by atoms with Gasteiger partial charge < -0.3 is 9.32 Å². The molecule has 5 aromatic heterocycles. The Labute approximate surface area is 320 Å². The first-order valence-electron chi connectivity index (χ1n) is 18.8. The van der Waals surface area contributed by atoms with Crippen molar-refractivity contribution in [3.8, 4) is 11.6 Å². The molecule has 0 unspecified atom stereocenters. The molecular weight excluding hydrogens is 687 g/mol. The normalized spacial score (nSPS) is 11.9. The Kier molecular flexibility index (Phi) is 6.53. The molecule has 12 rings (SSSR count). The summed E-state index contributed by atoms with van der Waals surface area (Å²) < 4.78 is 11.4. The van der Waals surface area contributed by atoms with Crippen molar-refractivity contribution in [2.24, 2.45) is 0 Å². The van der Waals surface area contributed by atoms with E-state index >= 15 is 0 Å². The maximum atomic E-state index is 6.90. The number of aromatic nitrogens is 4. The summed E-state index contributed by atoms with van der Waals surface area (Å²) in [5.41, 5.74) is 8.99. The Bertz CT molecular complexity index is 3330. The van der Waals surface area contributed by atoms with Crippen LogP contribution in [-0.4, -0.2) is 19.1 Å². The summed E-state index contributed by atoms with van der Waals surface area (Å²) in [7, 11) is 0. The van der Waals surface area contributed by atoms with Crippen LogP contribution in [0.15, 0.2) is 193 Å². The van der Waals surface area contributed by atoms with Crippen molar-refractivity contribution in [1.29, 1.82) is 0 Å². The molecule has 0 bridgehead atoms. The van der Waals surface area contributed by atoms with Gasteiger partial charge in [0.1, 0.15) is 17.2 Å². The lowest BCUT2D eigenvalue weighted by Crippen LogP contribution is -2.11. The fourth-order valence-corrected chi connectivity index (χ4v) is 8.81. The average molecular weight is 718 g/mol. The maximum absolute atomic E-state index is 6.90. The van der Waals surface area contributed by atoms with Crippen molar-refractivity contribution < 1.29 is 4.42 Å². The van der Waals surface area contributed by atoms with Gasteiger partial charge in [0.15, 0.2) is 5.58 Å². The van der Waals surface area contributed by atoms with E-state index in [0.717, 1.165) is 94.2 Å². The number of pyridine rings is 2. The quantitative estimate of drug-likeness (QED) is 0.178. The number of para-hydroxylation sites is 3. The monoisotopic (exact) mass is 717 g/mol. The van der Waals surface area contributed by atoms with Crippen LogP contribution in [0.3, 0.4) is 0 Å². The first-order valence-corrected chi connectivity index (χ1v) is 18.8. The molecule has 0 aliphatic carbocycles. The van der Waals surface area contributed by atoms with Crippen molar-refractivity contribution >= 4 is 93.4 Å². The van der Waals surface area contributed by atoms with Gasteiger partial charge in [0, 0.05) is 56.1 Å². The van der Waals surface area contributed by atoms with Crippen LogP contribution < -0.4 is 4.90 Å². The number of hydrogen-bond acceptors (Lipinski definition) is 4. The van der Waals surface area contributed by atoms with Gasteiger partial charge in [0.25, 0.3) is 0 Å². The zero-order valence-corrected chi connectivity index (χ0v) is 30.0. The lowest BCUT2D eigenvalue weighted by molar-refractivity contribution is 0.669. The molecule has 0 aliphatic heterocycles. The third kappa shape index (κ3) is 4.44. The fraction of sp³-hybridized carbons (Fsp3) is 0. The molecule has 5 heterocycles. The second-order valence-electron chi connectivity index (χ2n) is 14.2. The minimum Gasteiger partial charge on any atom is -0.454 e. The topological polar surface area (TPSA) is 52.0 Å². The third-order valence-corrected chi connectivity index (χ3v) is 11.2. The lowest BCUT2D eigenvalue weighted by Gasteiger charge is -2.26. The molecule has 7 aromatic carbocycles. The zero-order valence-electron chi connectivity index (χ0n) is 30.0. The summed E-state index contributed by atoms with van der Waals surface area (Å²) in [6, 6.07) is 62.1. The van der Waals surface area contributed by atoms with Crippen LogP contribution in [0.4, 0.5) is 17.1 Å². The van der Waals surface area contributed by atoms with E-state index in [-0.39, 0.29) is 0 Å². The highest BCUT2D eigenvalue weighted by atomic mass is 16.3. The molecule has 0 spiro atoms. The summed E-state index contributed by atoms with van der Waals surface area (Å²) >= 11 is 0. The van der Waals surface area contributed by atoms with Crippen LogP contribution in [0, 0.1) is 0 Å². The van der Waals surface area contributed by atoms with Crippen molar-refractivity contribution in [2.45, 2.75) is 0 Å². The van der Waals surface area contributed by atoms with Crippen LogP contribution in [0.2, 0.25) is 0 Å². The molecule has 0 radical (unpaired) electrons. The summed E-state index contributed by atoms with van der Waals surface area (Å²) in [6.07, 6.45) is 3.71. The second-order valence-corrected chi connectivity index (χ2v) is 14.2. The van der Waals surface area contributed by atoms with Gasteiger partial charge in [0.2, 0.25) is 0 Å². The van der Waals surface area contributed by atoms with E-state index in [2.05, 4.69) is 160 Å². The molecule has 0 fully saturated rings. The van der Waals surface area contributed by atoms with E-state index in [9.17, 15) is 0 Å². The van der Waals surface area contributed by atoms with E-state index in [1.807, 2.05) is 42.7 Å². The van der Waals surface area contributed by atoms with Crippen molar-refractivity contribution in [2.75, 3.05) is 4.90 Å². The molecule has 0 N–H and O–H groups in total. The van der Waals surface area contributed by atoms with Gasteiger partial charge in [-0.15, -0.1) is 0 Å². The van der Waals surface area contributed by atoms with Gasteiger partial charge >= 0.3 is 0 Å². The van der Waals surface area contributed by atoms with E-state index in [1.54, 1.807) is 0 Å². The number of nitrogens with zero attached hydrogens (tertiary/aromatic N) is 5. The molecule has 0 atom stereocenters. The highest BCUT2D eigenvalue weighted by molar-refractivity contribution is 6.23. The molecule has 0 saturated heterocycles. The van der Waals surface area contributed by atoms with E-state index in [0.29, 0.717) is 0 Å². The molecule has 56 heavy (non-hydrogen) atoms. The summed E-state index contributed by atoms with van der Waals surface area (Å²) in [5, 5.41) is 9.17. The Morgan fingerprint density at radius 1 is 0.411 bits per heavy atom. The first kappa shape index (κ1) is 30.7. The summed E-state index contributed by atoms with van der Waals surface area (Å²) in [5.74, 6) is 1.74. The lowest BCUT2D eigenvalue weighted by atomic mass is 10.0. The molecule has 12 aromatic rings. The number of benzene rings is 7. The number of rotatable bonds is 5. The predicted octanol–water partition coefficient (Wildman–Crippen LogP) is 13.2. The van der Waals surface area contributed by atoms with Gasteiger partial charge in [-0.3, -0.25) is 9.13 Å². The van der Waals surface area contributed by atoms with Gasteiger partial charge in [-0.25, -0.2) is 9.97 Å². The van der Waals surface area contributed by atoms with E-state index in [4.69, 9.17) is 14.4 Å². The van der Waals surface area contributed by atoms with Crippen molar-refractivity contribution in [1.82, 2.24) is 19.1 Å². The first-order chi connectivity index (χ1) is 27.8. The van der Waals surface area contributed by atoms with Gasteiger partial charge in [-0.2, -0.15) is 0 Å². The smallest absolute Gasteiger partial charge is 0.160 e. The molecule has 262 valence electrons. The molecule has 6 nitrogen and oxygen atoms in total. The van der Waals surface area contributed by atoms with E-state index < -0.39 is 0 Å². The molecule has 0 saturated carbocycles. The van der Waals surface area contributed by atoms with Crippen molar-refractivity contribution in [3.63, 3.8) is 0 Å². The van der Waals surface area contributed by atoms with Gasteiger partial charge in [-0.05, 0) is 83.6 Å². The largest absolute Gasteiger partial charge is 0.454 e. The average Bonchev–Trinajstić information content (AvgIpc) is 3.92. The summed E-state index contributed by atoms with van der Waals surface area (Å²) in [4.78, 5) is 12.0. The van der Waals surface area contributed by atoms with Crippen molar-refractivity contribution in [3.05, 3.63) is 188 Å². The number of anilines is 3. The van der Waals surface area contributed by atoms with Gasteiger partial charge in [0.05, 0.1) is 27.8 Å². The third-order valence-electron chi connectivity index (χ3n) is 11.2. The van der Waals surface area contributed by atoms with Crippen LogP contribution in [0.5, 0.6) is 0 Å². The Morgan fingerprint density at radius 2 is 0.911 bits per heavy atom. The molecular formula is C50H31N5O. The number of fused-ring (bicyclic) bond motifs is 11. The zero-order chi connectivity index (χ0) is 36.7. The molecule has 6 heteroatoms. The highest BCUT2D eigenvalue weighted by Gasteiger charge is 2.24. The molecule has 0 amide bonds. The SMILES string of the molecule is c1ccc(-n2c3ccccc3c3ccc(N(c4ccc5c6ccccc6n(-c6ccccn6)c5c4)c4cc5ccccc5c5c4oc4ccccc45)cc32)nc1. The summed E-state index contributed by atoms with van der Waals surface area (Å²) in [6.45, 7) is 0. The van der Waals surface area contributed by atoms with Crippen LogP contribution in [-0.2, 0) is 0 Å². The van der Waals surface area contributed by atoms with E-state index in [1.165, 1.54) is 10.8 Å². The number of hydrogen-bond donors (Lipinski definition) is 0. The van der Waals surface area contributed by atoms with Crippen LogP contribution in [0.25, 0.3) is 88.0 Å². The number of furan rings is 1. The van der Waals surface area contributed by atoms with Crippen LogP contribution >= 0.6 is 0 Å². The standard InChI is InChI=1S/C50H31N5O/c1-2-14-35-32(13-1)29-45(50-49(35)40-17-5-8-20-46(40)56-50)53(33-23-25-38-36-15-3-6-18-41(36)54(43(38)30-33)47-21-9-11-27-51-47)34-24-26-39-37-16-4-7-19-42(37)55(44(39)31-34)48-22-10-12-28-52-48/h1-31H. The minimum absolute atomic E-state index is 0.834. The fourth-order valence-electron chi connectivity index (χ4n) is 8.81. The van der Waals surface area contributed by atoms with Crippen LogP contribution in [0.1, 0.15) is 0 Å². The Balaban J connectivity index is 1.21.